The maximum atomic E-state index is 13.2. The molecule has 0 spiro atoms. The predicted molar refractivity (Wildman–Crippen MR) is 120 cm³/mol. The van der Waals surface area contributed by atoms with Crippen LogP contribution in [0.3, 0.4) is 0 Å². The van der Waals surface area contributed by atoms with E-state index < -0.39 is 5.82 Å². The van der Waals surface area contributed by atoms with Gasteiger partial charge < -0.3 is 14.7 Å². The summed E-state index contributed by atoms with van der Waals surface area (Å²) in [5.41, 5.74) is 1.76. The van der Waals surface area contributed by atoms with Gasteiger partial charge in [0, 0.05) is 36.1 Å². The summed E-state index contributed by atoms with van der Waals surface area (Å²) in [6.45, 7) is 0.955. The first-order chi connectivity index (χ1) is 16.0. The van der Waals surface area contributed by atoms with Gasteiger partial charge in [0.25, 0.3) is 5.91 Å². The Hall–Kier alpha value is -3.26. The Morgan fingerprint density at radius 3 is 2.45 bits per heavy atom. The van der Waals surface area contributed by atoms with E-state index >= 15 is 0 Å². The number of hydrogen-bond donors (Lipinski definition) is 1. The zero-order valence-electron chi connectivity index (χ0n) is 17.8. The molecule has 0 bridgehead atoms. The topological polar surface area (TPSA) is 88.3 Å². The number of hydrogen-bond acceptors (Lipinski definition) is 5. The quantitative estimate of drug-likeness (QED) is 0.575. The number of nitrogens with one attached hydrogen (secondary N) is 1. The van der Waals surface area contributed by atoms with E-state index in [1.54, 1.807) is 17.0 Å². The third-order valence-electron chi connectivity index (χ3n) is 6.10. The molecular formula is C24H22ClFN4O3. The van der Waals surface area contributed by atoms with Crippen molar-refractivity contribution in [2.45, 2.75) is 31.6 Å². The number of anilines is 1. The van der Waals surface area contributed by atoms with Crippen molar-refractivity contribution in [2.75, 3.05) is 18.4 Å². The van der Waals surface area contributed by atoms with Crippen molar-refractivity contribution in [2.24, 2.45) is 5.92 Å². The first-order valence-electron chi connectivity index (χ1n) is 11.0. The molecule has 2 amide bonds. The van der Waals surface area contributed by atoms with Crippen molar-refractivity contribution >= 4 is 29.1 Å². The first-order valence-corrected chi connectivity index (χ1v) is 11.3. The molecule has 1 saturated heterocycles. The SMILES string of the molecule is O=C(Nc1ccc(F)cc1Cl)C1CCN(C(=O)c2ccc(-c3noc(C4CC4)n3)cc2)CC1. The van der Waals surface area contributed by atoms with Gasteiger partial charge in [-0.3, -0.25) is 9.59 Å². The van der Waals surface area contributed by atoms with Gasteiger partial charge in [-0.05, 0) is 56.0 Å². The van der Waals surface area contributed by atoms with Crippen LogP contribution in [-0.4, -0.2) is 39.9 Å². The summed E-state index contributed by atoms with van der Waals surface area (Å²) in [5, 5.41) is 6.94. The molecule has 1 aliphatic carbocycles. The van der Waals surface area contributed by atoms with Gasteiger partial charge in [-0.2, -0.15) is 4.98 Å². The zero-order chi connectivity index (χ0) is 22.9. The Morgan fingerprint density at radius 1 is 1.06 bits per heavy atom. The number of amides is 2. The highest BCUT2D eigenvalue weighted by Gasteiger charge is 2.30. The van der Waals surface area contributed by atoms with Crippen LogP contribution in [0.1, 0.15) is 47.8 Å². The first kappa shape index (κ1) is 21.6. The fourth-order valence-electron chi connectivity index (χ4n) is 3.96. The van der Waals surface area contributed by atoms with Crippen LogP contribution in [0, 0.1) is 11.7 Å². The minimum atomic E-state index is -0.460. The lowest BCUT2D eigenvalue weighted by Gasteiger charge is -2.31. The van der Waals surface area contributed by atoms with Crippen molar-refractivity contribution in [3.05, 3.63) is 64.8 Å². The summed E-state index contributed by atoms with van der Waals surface area (Å²) in [6.07, 6.45) is 3.27. The van der Waals surface area contributed by atoms with E-state index in [0.717, 1.165) is 24.5 Å². The average molecular weight is 469 g/mol. The third kappa shape index (κ3) is 4.75. The van der Waals surface area contributed by atoms with E-state index in [9.17, 15) is 14.0 Å². The molecule has 0 radical (unpaired) electrons. The summed E-state index contributed by atoms with van der Waals surface area (Å²) in [6, 6.07) is 11.0. The highest BCUT2D eigenvalue weighted by molar-refractivity contribution is 6.33. The largest absolute Gasteiger partial charge is 0.339 e. The van der Waals surface area contributed by atoms with Crippen LogP contribution >= 0.6 is 11.6 Å². The Labute approximate surface area is 194 Å². The Balaban J connectivity index is 1.16. The zero-order valence-corrected chi connectivity index (χ0v) is 18.5. The standard InChI is InChI=1S/C24H22ClFN4O3/c25-19-13-18(26)7-8-20(19)27-22(31)15-9-11-30(12-10-15)24(32)17-5-1-14(2-6-17)21-28-23(33-29-21)16-3-4-16/h1-2,5-8,13,15-16H,3-4,9-12H2,(H,27,31). The van der Waals surface area contributed by atoms with Crippen LogP contribution in [0.5, 0.6) is 0 Å². The number of benzene rings is 2. The average Bonchev–Trinajstić information content (AvgIpc) is 3.57. The van der Waals surface area contributed by atoms with E-state index in [1.165, 1.54) is 12.1 Å². The molecule has 2 fully saturated rings. The fraction of sp³-hybridized carbons (Fsp3) is 0.333. The van der Waals surface area contributed by atoms with Crippen molar-refractivity contribution in [3.63, 3.8) is 0 Å². The van der Waals surface area contributed by atoms with E-state index in [-0.39, 0.29) is 22.8 Å². The van der Waals surface area contributed by atoms with Gasteiger partial charge in [0.15, 0.2) is 0 Å². The molecule has 1 aromatic heterocycles. The van der Waals surface area contributed by atoms with Crippen LogP contribution in [-0.2, 0) is 4.79 Å². The minimum Gasteiger partial charge on any atom is -0.339 e. The molecule has 1 N–H and O–H groups in total. The molecule has 2 aromatic carbocycles. The highest BCUT2D eigenvalue weighted by atomic mass is 35.5. The van der Waals surface area contributed by atoms with Crippen LogP contribution in [0.2, 0.25) is 5.02 Å². The van der Waals surface area contributed by atoms with E-state index in [2.05, 4.69) is 15.5 Å². The number of aromatic nitrogens is 2. The molecule has 1 aliphatic heterocycles. The number of carbonyl (C=O) groups excluding carboxylic acids is 2. The monoisotopic (exact) mass is 468 g/mol. The summed E-state index contributed by atoms with van der Waals surface area (Å²) >= 11 is 5.99. The number of rotatable bonds is 5. The molecular weight excluding hydrogens is 447 g/mol. The summed E-state index contributed by atoms with van der Waals surface area (Å²) in [4.78, 5) is 31.7. The van der Waals surface area contributed by atoms with Crippen molar-refractivity contribution in [3.8, 4) is 11.4 Å². The van der Waals surface area contributed by atoms with Crippen LogP contribution in [0.15, 0.2) is 47.0 Å². The van der Waals surface area contributed by atoms with Gasteiger partial charge in [-0.25, -0.2) is 4.39 Å². The maximum absolute atomic E-state index is 13.2. The summed E-state index contributed by atoms with van der Waals surface area (Å²) in [7, 11) is 0. The van der Waals surface area contributed by atoms with Gasteiger partial charge in [0.2, 0.25) is 17.6 Å². The molecule has 2 aliphatic rings. The molecule has 7 nitrogen and oxygen atoms in total. The second-order valence-corrected chi connectivity index (χ2v) is 8.89. The molecule has 2 heterocycles. The van der Waals surface area contributed by atoms with Gasteiger partial charge in [0.05, 0.1) is 10.7 Å². The number of likely N-dealkylation sites (tertiary alicyclic amines) is 1. The van der Waals surface area contributed by atoms with Crippen molar-refractivity contribution in [1.29, 1.82) is 0 Å². The van der Waals surface area contributed by atoms with Gasteiger partial charge >= 0.3 is 0 Å². The Kier molecular flexibility index (Phi) is 5.85. The predicted octanol–water partition coefficient (Wildman–Crippen LogP) is 4.90. The molecule has 5 rings (SSSR count). The number of nitrogens with zero attached hydrogens (tertiary/aromatic N) is 3. The van der Waals surface area contributed by atoms with Crippen molar-refractivity contribution < 1.29 is 18.5 Å². The van der Waals surface area contributed by atoms with Gasteiger partial charge in [-0.1, -0.05) is 28.9 Å². The lowest BCUT2D eigenvalue weighted by atomic mass is 9.95. The molecule has 0 atom stereocenters. The van der Waals surface area contributed by atoms with Crippen LogP contribution in [0.4, 0.5) is 10.1 Å². The van der Waals surface area contributed by atoms with Crippen LogP contribution in [0.25, 0.3) is 11.4 Å². The summed E-state index contributed by atoms with van der Waals surface area (Å²) in [5.74, 6) is 0.654. The molecule has 3 aromatic rings. The summed E-state index contributed by atoms with van der Waals surface area (Å²) < 4.78 is 18.5. The van der Waals surface area contributed by atoms with E-state index in [4.69, 9.17) is 16.1 Å². The smallest absolute Gasteiger partial charge is 0.253 e. The Morgan fingerprint density at radius 2 is 1.79 bits per heavy atom. The minimum absolute atomic E-state index is 0.0752. The second-order valence-electron chi connectivity index (χ2n) is 8.49. The van der Waals surface area contributed by atoms with Gasteiger partial charge in [0.1, 0.15) is 5.82 Å². The number of carbonyl (C=O) groups is 2. The lowest BCUT2D eigenvalue weighted by Crippen LogP contribution is -2.41. The fourth-order valence-corrected chi connectivity index (χ4v) is 4.18. The normalized spacial score (nSPS) is 16.6. The van der Waals surface area contributed by atoms with Crippen LogP contribution < -0.4 is 5.32 Å². The molecule has 9 heteroatoms. The Bertz CT molecular complexity index is 1180. The second kappa shape index (κ2) is 8.94. The molecule has 1 saturated carbocycles. The van der Waals surface area contributed by atoms with Gasteiger partial charge in [-0.15, -0.1) is 0 Å². The van der Waals surface area contributed by atoms with E-state index in [1.807, 2.05) is 12.1 Å². The number of halogens is 2. The van der Waals surface area contributed by atoms with E-state index in [0.29, 0.717) is 54.8 Å². The molecule has 0 unspecified atom stereocenters. The highest BCUT2D eigenvalue weighted by Crippen LogP contribution is 2.39. The third-order valence-corrected chi connectivity index (χ3v) is 6.41. The number of piperidine rings is 1. The van der Waals surface area contributed by atoms with Crippen molar-refractivity contribution in [1.82, 2.24) is 15.0 Å². The molecule has 33 heavy (non-hydrogen) atoms. The molecule has 170 valence electrons. The maximum Gasteiger partial charge on any atom is 0.253 e. The lowest BCUT2D eigenvalue weighted by molar-refractivity contribution is -0.121.